The summed E-state index contributed by atoms with van der Waals surface area (Å²) in [5.74, 6) is 0.592. The van der Waals surface area contributed by atoms with Gasteiger partial charge in [0.2, 0.25) is 11.2 Å². The van der Waals surface area contributed by atoms with E-state index in [2.05, 4.69) is 40.6 Å². The number of ether oxygens (including phenoxy) is 1. The number of rotatable bonds is 8. The number of unbranched alkanes of at least 4 members (excludes halogenated alkanes) is 2. The fourth-order valence-corrected chi connectivity index (χ4v) is 1.91. The van der Waals surface area contributed by atoms with Crippen LogP contribution in [0.1, 0.15) is 47.0 Å². The molecule has 1 heterocycles. The summed E-state index contributed by atoms with van der Waals surface area (Å²) in [4.78, 5) is 14.6. The van der Waals surface area contributed by atoms with Crippen molar-refractivity contribution in [2.75, 3.05) is 18.1 Å². The molecule has 0 aliphatic carbocycles. The molecule has 0 N–H and O–H groups in total. The predicted octanol–water partition coefficient (Wildman–Crippen LogP) is 3.33. The molecule has 19 heavy (non-hydrogen) atoms. The summed E-state index contributed by atoms with van der Waals surface area (Å²) in [5.41, 5.74) is 0. The minimum Gasteiger partial charge on any atom is -0.464 e. The highest BCUT2D eigenvalue weighted by molar-refractivity contribution is 6.28. The third-order valence-corrected chi connectivity index (χ3v) is 2.90. The van der Waals surface area contributed by atoms with Crippen LogP contribution in [0.15, 0.2) is 0 Å². The first kappa shape index (κ1) is 16.0. The van der Waals surface area contributed by atoms with Crippen molar-refractivity contribution in [3.05, 3.63) is 5.28 Å². The number of aromatic nitrogens is 3. The van der Waals surface area contributed by atoms with E-state index in [1.54, 1.807) is 0 Å². The molecule has 0 unspecified atom stereocenters. The van der Waals surface area contributed by atoms with Crippen LogP contribution in [0.2, 0.25) is 5.28 Å². The number of hydrogen-bond donors (Lipinski definition) is 0. The topological polar surface area (TPSA) is 51.1 Å². The largest absolute Gasteiger partial charge is 0.464 e. The zero-order valence-corrected chi connectivity index (χ0v) is 12.9. The summed E-state index contributed by atoms with van der Waals surface area (Å²) in [6.45, 7) is 9.73. The molecule has 0 aromatic carbocycles. The van der Waals surface area contributed by atoms with Crippen LogP contribution in [0.3, 0.4) is 0 Å². The molecule has 0 aliphatic rings. The Hall–Kier alpha value is -1.10. The van der Waals surface area contributed by atoms with E-state index in [0.717, 1.165) is 13.0 Å². The van der Waals surface area contributed by atoms with Gasteiger partial charge in [-0.05, 0) is 38.8 Å². The van der Waals surface area contributed by atoms with Gasteiger partial charge in [-0.2, -0.15) is 15.0 Å². The highest BCUT2D eigenvalue weighted by Gasteiger charge is 2.16. The Labute approximate surface area is 120 Å². The van der Waals surface area contributed by atoms with Crippen LogP contribution in [-0.2, 0) is 0 Å². The lowest BCUT2D eigenvalue weighted by Gasteiger charge is -2.26. The monoisotopic (exact) mass is 286 g/mol. The van der Waals surface area contributed by atoms with Gasteiger partial charge in [-0.25, -0.2) is 0 Å². The molecule has 1 aromatic heterocycles. The SMILES string of the molecule is CCCCCN(c1nc(Cl)nc(OCC)n1)C(C)C. The summed E-state index contributed by atoms with van der Waals surface area (Å²) in [6.07, 6.45) is 3.50. The van der Waals surface area contributed by atoms with Crippen LogP contribution in [0.25, 0.3) is 0 Å². The van der Waals surface area contributed by atoms with Crippen molar-refractivity contribution < 1.29 is 4.74 Å². The molecular weight excluding hydrogens is 264 g/mol. The highest BCUT2D eigenvalue weighted by atomic mass is 35.5. The van der Waals surface area contributed by atoms with E-state index in [-0.39, 0.29) is 5.28 Å². The number of halogens is 1. The van der Waals surface area contributed by atoms with Crippen molar-refractivity contribution in [2.24, 2.45) is 0 Å². The fourth-order valence-electron chi connectivity index (χ4n) is 1.77. The van der Waals surface area contributed by atoms with E-state index in [0.29, 0.717) is 24.6 Å². The van der Waals surface area contributed by atoms with Gasteiger partial charge in [-0.15, -0.1) is 0 Å². The number of nitrogens with zero attached hydrogens (tertiary/aromatic N) is 4. The van der Waals surface area contributed by atoms with Crippen LogP contribution in [0.5, 0.6) is 6.01 Å². The van der Waals surface area contributed by atoms with E-state index in [1.165, 1.54) is 12.8 Å². The van der Waals surface area contributed by atoms with Crippen molar-refractivity contribution in [3.63, 3.8) is 0 Å². The fraction of sp³-hybridized carbons (Fsp3) is 0.769. The molecule has 5 nitrogen and oxygen atoms in total. The third-order valence-electron chi connectivity index (χ3n) is 2.73. The Balaban J connectivity index is 2.88. The standard InChI is InChI=1S/C13H23ClN4O/c1-5-7-8-9-18(10(3)4)12-15-11(14)16-13(17-12)19-6-2/h10H,5-9H2,1-4H3. The van der Waals surface area contributed by atoms with Crippen molar-refractivity contribution in [1.82, 2.24) is 15.0 Å². The first-order valence-electron chi connectivity index (χ1n) is 6.89. The zero-order chi connectivity index (χ0) is 14.3. The molecule has 0 amide bonds. The van der Waals surface area contributed by atoms with E-state index in [4.69, 9.17) is 16.3 Å². The second-order valence-corrected chi connectivity index (χ2v) is 4.95. The first-order valence-corrected chi connectivity index (χ1v) is 7.27. The summed E-state index contributed by atoms with van der Waals surface area (Å²) in [7, 11) is 0. The number of anilines is 1. The molecule has 0 spiro atoms. The van der Waals surface area contributed by atoms with Crippen LogP contribution in [0, 0.1) is 0 Å². The van der Waals surface area contributed by atoms with Gasteiger partial charge in [0, 0.05) is 12.6 Å². The lowest BCUT2D eigenvalue weighted by molar-refractivity contribution is 0.311. The zero-order valence-electron chi connectivity index (χ0n) is 12.2. The lowest BCUT2D eigenvalue weighted by atomic mass is 10.2. The van der Waals surface area contributed by atoms with E-state index < -0.39 is 0 Å². The molecule has 1 aromatic rings. The van der Waals surface area contributed by atoms with Gasteiger partial charge in [-0.1, -0.05) is 19.8 Å². The average molecular weight is 287 g/mol. The quantitative estimate of drug-likeness (QED) is 0.686. The van der Waals surface area contributed by atoms with Gasteiger partial charge >= 0.3 is 6.01 Å². The molecule has 0 bridgehead atoms. The summed E-state index contributed by atoms with van der Waals surface area (Å²) >= 11 is 5.93. The normalized spacial score (nSPS) is 10.8. The van der Waals surface area contributed by atoms with Gasteiger partial charge in [0.25, 0.3) is 0 Å². The van der Waals surface area contributed by atoms with E-state index >= 15 is 0 Å². The smallest absolute Gasteiger partial charge is 0.322 e. The Morgan fingerprint density at radius 2 is 1.89 bits per heavy atom. The van der Waals surface area contributed by atoms with Crippen molar-refractivity contribution in [2.45, 2.75) is 53.0 Å². The van der Waals surface area contributed by atoms with Crippen molar-refractivity contribution in [1.29, 1.82) is 0 Å². The Morgan fingerprint density at radius 1 is 1.16 bits per heavy atom. The molecule has 0 radical (unpaired) electrons. The highest BCUT2D eigenvalue weighted by Crippen LogP contribution is 2.18. The van der Waals surface area contributed by atoms with Gasteiger partial charge < -0.3 is 9.64 Å². The maximum absolute atomic E-state index is 5.93. The van der Waals surface area contributed by atoms with Crippen LogP contribution < -0.4 is 9.64 Å². The second kappa shape index (κ2) is 8.15. The molecule has 0 aliphatic heterocycles. The Bertz CT molecular complexity index is 387. The lowest BCUT2D eigenvalue weighted by Crippen LogP contribution is -2.33. The van der Waals surface area contributed by atoms with E-state index in [1.807, 2.05) is 6.92 Å². The summed E-state index contributed by atoms with van der Waals surface area (Å²) in [6, 6.07) is 0.600. The molecular formula is C13H23ClN4O. The minimum atomic E-state index is 0.176. The second-order valence-electron chi connectivity index (χ2n) is 4.61. The molecule has 0 saturated carbocycles. The van der Waals surface area contributed by atoms with Crippen LogP contribution >= 0.6 is 11.6 Å². The van der Waals surface area contributed by atoms with Crippen molar-refractivity contribution >= 4 is 17.5 Å². The molecule has 1 rings (SSSR count). The Kier molecular flexibility index (Phi) is 6.84. The first-order chi connectivity index (χ1) is 9.08. The maximum atomic E-state index is 5.93. The molecule has 0 fully saturated rings. The van der Waals surface area contributed by atoms with Gasteiger partial charge in [0.15, 0.2) is 0 Å². The molecule has 6 heteroatoms. The predicted molar refractivity (Wildman–Crippen MR) is 78.0 cm³/mol. The average Bonchev–Trinajstić information content (AvgIpc) is 2.33. The molecule has 0 atom stereocenters. The minimum absolute atomic E-state index is 0.176. The van der Waals surface area contributed by atoms with Crippen LogP contribution in [0.4, 0.5) is 5.95 Å². The van der Waals surface area contributed by atoms with Gasteiger partial charge in [-0.3, -0.25) is 0 Å². The van der Waals surface area contributed by atoms with Crippen LogP contribution in [-0.4, -0.2) is 34.1 Å². The van der Waals surface area contributed by atoms with Crippen molar-refractivity contribution in [3.8, 4) is 6.01 Å². The Morgan fingerprint density at radius 3 is 2.47 bits per heavy atom. The summed E-state index contributed by atoms with van der Waals surface area (Å²) in [5, 5.41) is 0.176. The van der Waals surface area contributed by atoms with Gasteiger partial charge in [0.1, 0.15) is 0 Å². The maximum Gasteiger partial charge on any atom is 0.322 e. The summed E-state index contributed by atoms with van der Waals surface area (Å²) < 4.78 is 5.31. The molecule has 108 valence electrons. The molecule has 0 saturated heterocycles. The number of hydrogen-bond acceptors (Lipinski definition) is 5. The third kappa shape index (κ3) is 5.19. The van der Waals surface area contributed by atoms with Gasteiger partial charge in [0.05, 0.1) is 6.61 Å². The van der Waals surface area contributed by atoms with E-state index in [9.17, 15) is 0 Å².